The lowest BCUT2D eigenvalue weighted by molar-refractivity contribution is 0.126. The third-order valence-corrected chi connectivity index (χ3v) is 6.44. The molecule has 1 aliphatic rings. The van der Waals surface area contributed by atoms with E-state index in [1.54, 1.807) is 7.05 Å². The lowest BCUT2D eigenvalue weighted by atomic mass is 9.75. The van der Waals surface area contributed by atoms with Gasteiger partial charge in [0, 0.05) is 24.7 Å². The van der Waals surface area contributed by atoms with Gasteiger partial charge in [0.15, 0.2) is 0 Å². The number of rotatable bonds is 5. The largest absolute Gasteiger partial charge is 0.329 e. The monoisotopic (exact) mass is 305 g/mol. The van der Waals surface area contributed by atoms with Crippen molar-refractivity contribution in [2.45, 2.75) is 70.9 Å². The number of nitrogens with one attached hydrogen (secondary N) is 1. The fraction of sp³-hybridized carbons (Fsp3) is 1.00. The number of hydrogen-bond acceptors (Lipinski definition) is 3. The first-order valence-corrected chi connectivity index (χ1v) is 8.98. The Bertz CT molecular complexity index is 407. The van der Waals surface area contributed by atoms with Gasteiger partial charge in [-0.3, -0.25) is 0 Å². The van der Waals surface area contributed by atoms with Gasteiger partial charge < -0.3 is 5.73 Å². The SMILES string of the molecule is CCC1CCC(CN)(N(C)S(=O)(=O)NC(C)(C)C)CC1. The van der Waals surface area contributed by atoms with E-state index in [0.717, 1.165) is 32.1 Å². The van der Waals surface area contributed by atoms with Gasteiger partial charge in [0.1, 0.15) is 0 Å². The number of likely N-dealkylation sites (N-methyl/N-ethyl adjacent to an activating group) is 1. The quantitative estimate of drug-likeness (QED) is 0.814. The maximum absolute atomic E-state index is 12.5. The average Bonchev–Trinajstić information content (AvgIpc) is 2.35. The molecule has 0 spiro atoms. The fourth-order valence-electron chi connectivity index (χ4n) is 2.98. The number of nitrogens with two attached hydrogens (primary N) is 1. The van der Waals surface area contributed by atoms with Crippen molar-refractivity contribution in [3.63, 3.8) is 0 Å². The zero-order valence-corrected chi connectivity index (χ0v) is 14.4. The van der Waals surface area contributed by atoms with E-state index < -0.39 is 21.3 Å². The third-order valence-electron chi connectivity index (χ3n) is 4.46. The molecule has 0 heterocycles. The highest BCUT2D eigenvalue weighted by atomic mass is 32.2. The topological polar surface area (TPSA) is 75.4 Å². The van der Waals surface area contributed by atoms with Gasteiger partial charge in [0.25, 0.3) is 10.2 Å². The summed E-state index contributed by atoms with van der Waals surface area (Å²) in [5.74, 6) is 0.710. The second kappa shape index (κ2) is 6.30. The Kier molecular flexibility index (Phi) is 5.63. The van der Waals surface area contributed by atoms with Crippen LogP contribution in [0.3, 0.4) is 0 Å². The van der Waals surface area contributed by atoms with Crippen molar-refractivity contribution >= 4 is 10.2 Å². The molecule has 0 bridgehead atoms. The standard InChI is InChI=1S/C14H31N3O2S/c1-6-12-7-9-14(11-15,10-8-12)17(5)20(18,19)16-13(2,3)4/h12,16H,6-11,15H2,1-5H3. The minimum Gasteiger partial charge on any atom is -0.329 e. The lowest BCUT2D eigenvalue weighted by Gasteiger charge is -2.45. The molecular formula is C14H31N3O2S. The molecule has 0 aromatic carbocycles. The molecule has 1 fully saturated rings. The average molecular weight is 305 g/mol. The summed E-state index contributed by atoms with van der Waals surface area (Å²) in [5.41, 5.74) is 5.04. The van der Waals surface area contributed by atoms with E-state index >= 15 is 0 Å². The van der Waals surface area contributed by atoms with Gasteiger partial charge in [-0.2, -0.15) is 17.4 Å². The summed E-state index contributed by atoms with van der Waals surface area (Å²) < 4.78 is 29.2. The summed E-state index contributed by atoms with van der Waals surface area (Å²) in [6.07, 6.45) is 4.98. The molecule has 1 aliphatic carbocycles. The van der Waals surface area contributed by atoms with E-state index in [1.807, 2.05) is 20.8 Å². The van der Waals surface area contributed by atoms with E-state index in [2.05, 4.69) is 11.6 Å². The summed E-state index contributed by atoms with van der Waals surface area (Å²) in [4.78, 5) is 0. The molecule has 3 N–H and O–H groups in total. The summed E-state index contributed by atoms with van der Waals surface area (Å²) in [5, 5.41) is 0. The predicted octanol–water partition coefficient (Wildman–Crippen LogP) is 1.85. The Morgan fingerprint density at radius 3 is 2.15 bits per heavy atom. The molecule has 6 heteroatoms. The van der Waals surface area contributed by atoms with Crippen molar-refractivity contribution in [1.82, 2.24) is 9.03 Å². The van der Waals surface area contributed by atoms with Crippen LogP contribution >= 0.6 is 0 Å². The van der Waals surface area contributed by atoms with Gasteiger partial charge in [-0.05, 0) is 52.4 Å². The van der Waals surface area contributed by atoms with E-state index in [9.17, 15) is 8.42 Å². The van der Waals surface area contributed by atoms with Crippen LogP contribution in [0.4, 0.5) is 0 Å². The van der Waals surface area contributed by atoms with Crippen LogP contribution in [0.25, 0.3) is 0 Å². The fourth-order valence-corrected chi connectivity index (χ4v) is 4.66. The molecule has 1 rings (SSSR count). The second-order valence-corrected chi connectivity index (χ2v) is 8.81. The van der Waals surface area contributed by atoms with Crippen molar-refractivity contribution in [1.29, 1.82) is 0 Å². The molecule has 0 radical (unpaired) electrons. The maximum atomic E-state index is 12.5. The van der Waals surface area contributed by atoms with Crippen LogP contribution in [-0.2, 0) is 10.2 Å². The van der Waals surface area contributed by atoms with Crippen LogP contribution in [0, 0.1) is 5.92 Å². The van der Waals surface area contributed by atoms with Crippen LogP contribution in [-0.4, -0.2) is 37.4 Å². The molecule has 20 heavy (non-hydrogen) atoms. The van der Waals surface area contributed by atoms with Crippen molar-refractivity contribution in [2.24, 2.45) is 11.7 Å². The number of hydrogen-bond donors (Lipinski definition) is 2. The third kappa shape index (κ3) is 4.16. The lowest BCUT2D eigenvalue weighted by Crippen LogP contribution is -2.60. The summed E-state index contributed by atoms with van der Waals surface area (Å²) in [6.45, 7) is 8.12. The minimum absolute atomic E-state index is 0.380. The molecule has 0 aromatic heterocycles. The summed E-state index contributed by atoms with van der Waals surface area (Å²) >= 11 is 0. The molecule has 120 valence electrons. The van der Waals surface area contributed by atoms with E-state index in [4.69, 9.17) is 5.73 Å². The van der Waals surface area contributed by atoms with E-state index in [0.29, 0.717) is 12.5 Å². The van der Waals surface area contributed by atoms with Crippen LogP contribution in [0.15, 0.2) is 0 Å². The van der Waals surface area contributed by atoms with Crippen molar-refractivity contribution < 1.29 is 8.42 Å². The highest BCUT2D eigenvalue weighted by molar-refractivity contribution is 7.87. The Hall–Kier alpha value is -0.170. The van der Waals surface area contributed by atoms with Gasteiger partial charge >= 0.3 is 0 Å². The highest BCUT2D eigenvalue weighted by Gasteiger charge is 2.43. The normalized spacial score (nSPS) is 28.9. The van der Waals surface area contributed by atoms with Crippen LogP contribution in [0.1, 0.15) is 59.8 Å². The highest BCUT2D eigenvalue weighted by Crippen LogP contribution is 2.37. The predicted molar refractivity (Wildman–Crippen MR) is 83.6 cm³/mol. The molecule has 0 atom stereocenters. The van der Waals surface area contributed by atoms with Gasteiger partial charge in [-0.15, -0.1) is 0 Å². The molecule has 0 aliphatic heterocycles. The smallest absolute Gasteiger partial charge is 0.280 e. The molecule has 5 nitrogen and oxygen atoms in total. The zero-order chi connectivity index (χ0) is 15.6. The van der Waals surface area contributed by atoms with Gasteiger partial charge in [0.2, 0.25) is 0 Å². The molecule has 0 saturated heterocycles. The Morgan fingerprint density at radius 2 is 1.80 bits per heavy atom. The molecule has 0 aromatic rings. The maximum Gasteiger partial charge on any atom is 0.280 e. The first kappa shape index (κ1) is 17.9. The molecule has 0 amide bonds. The van der Waals surface area contributed by atoms with Crippen molar-refractivity contribution in [3.8, 4) is 0 Å². The summed E-state index contributed by atoms with van der Waals surface area (Å²) in [7, 11) is -1.85. The van der Waals surface area contributed by atoms with Crippen LogP contribution in [0.2, 0.25) is 0 Å². The first-order chi connectivity index (χ1) is 9.06. The molecular weight excluding hydrogens is 274 g/mol. The van der Waals surface area contributed by atoms with Crippen LogP contribution < -0.4 is 10.5 Å². The molecule has 1 saturated carbocycles. The zero-order valence-electron chi connectivity index (χ0n) is 13.6. The van der Waals surface area contributed by atoms with Gasteiger partial charge in [-0.1, -0.05) is 13.3 Å². The van der Waals surface area contributed by atoms with Gasteiger partial charge in [0.05, 0.1) is 0 Å². The van der Waals surface area contributed by atoms with E-state index in [-0.39, 0.29) is 0 Å². The van der Waals surface area contributed by atoms with Crippen molar-refractivity contribution in [2.75, 3.05) is 13.6 Å². The minimum atomic E-state index is -3.51. The summed E-state index contributed by atoms with van der Waals surface area (Å²) in [6, 6.07) is 0. The molecule has 0 unspecified atom stereocenters. The Labute approximate surface area is 124 Å². The Morgan fingerprint density at radius 1 is 1.30 bits per heavy atom. The van der Waals surface area contributed by atoms with Crippen molar-refractivity contribution in [3.05, 3.63) is 0 Å². The second-order valence-electron chi connectivity index (χ2n) is 7.10. The number of nitrogens with zero attached hydrogens (tertiary/aromatic N) is 1. The van der Waals surface area contributed by atoms with Gasteiger partial charge in [-0.25, -0.2) is 0 Å². The first-order valence-electron chi connectivity index (χ1n) is 7.54. The van der Waals surface area contributed by atoms with Crippen LogP contribution in [0.5, 0.6) is 0 Å². The Balaban J connectivity index is 2.90. The van der Waals surface area contributed by atoms with E-state index in [1.165, 1.54) is 4.31 Å².